The minimum atomic E-state index is -0.544. The summed E-state index contributed by atoms with van der Waals surface area (Å²) in [5.41, 5.74) is 0. The molecule has 5 heteroatoms. The molecule has 0 aliphatic carbocycles. The Kier molecular flexibility index (Phi) is 2.57. The fraction of sp³-hybridized carbons (Fsp3) is 0.818. The molecule has 88 valence electrons. The lowest BCUT2D eigenvalue weighted by atomic mass is 9.94. The number of nitrogens with zero attached hydrogens (tertiary/aromatic N) is 1. The molecule has 0 radical (unpaired) electrons. The van der Waals surface area contributed by atoms with Gasteiger partial charge < -0.3 is 9.84 Å². The highest BCUT2D eigenvalue weighted by atomic mass is 32.2. The number of hydrogen-bond donors (Lipinski definition) is 1. The molecular weight excluding hydrogens is 226 g/mol. The van der Waals surface area contributed by atoms with Crippen molar-refractivity contribution in [2.24, 2.45) is 5.92 Å². The second-order valence-corrected chi connectivity index (χ2v) is 6.00. The molecule has 3 rings (SSSR count). The van der Waals surface area contributed by atoms with Crippen LogP contribution in [0.4, 0.5) is 0 Å². The molecule has 1 N–H and O–H groups in total. The lowest BCUT2D eigenvalue weighted by Gasteiger charge is -2.28. The molecule has 0 aromatic heterocycles. The van der Waals surface area contributed by atoms with Gasteiger partial charge in [-0.05, 0) is 19.8 Å². The van der Waals surface area contributed by atoms with Crippen molar-refractivity contribution in [3.63, 3.8) is 0 Å². The Balaban J connectivity index is 1.72. The number of rotatable bonds is 2. The number of amides is 1. The molecule has 5 atom stereocenters. The molecule has 2 fully saturated rings. The summed E-state index contributed by atoms with van der Waals surface area (Å²) in [7, 11) is 0. The van der Waals surface area contributed by atoms with Crippen LogP contribution in [0.1, 0.15) is 19.8 Å². The number of carbonyl (C=O) groups is 1. The Hall–Kier alpha value is -0.390. The Morgan fingerprint density at radius 3 is 3.12 bits per heavy atom. The van der Waals surface area contributed by atoms with E-state index in [9.17, 15) is 9.90 Å². The molecule has 3 aliphatic rings. The topological polar surface area (TPSA) is 49.5 Å². The summed E-state index contributed by atoms with van der Waals surface area (Å²) < 4.78 is 7.41. The van der Waals surface area contributed by atoms with Crippen molar-refractivity contribution in [2.75, 3.05) is 6.61 Å². The zero-order valence-electron chi connectivity index (χ0n) is 9.20. The van der Waals surface area contributed by atoms with Crippen LogP contribution in [0.2, 0.25) is 0 Å². The Morgan fingerprint density at radius 1 is 1.69 bits per heavy atom. The summed E-state index contributed by atoms with van der Waals surface area (Å²) in [6.45, 7) is 2.54. The van der Waals surface area contributed by atoms with Crippen molar-refractivity contribution >= 4 is 23.9 Å². The van der Waals surface area contributed by atoms with E-state index in [4.69, 9.17) is 4.74 Å². The van der Waals surface area contributed by atoms with Gasteiger partial charge in [-0.2, -0.15) is 4.58 Å². The van der Waals surface area contributed by atoms with Gasteiger partial charge in [0, 0.05) is 6.61 Å². The molecule has 16 heavy (non-hydrogen) atoms. The van der Waals surface area contributed by atoms with Gasteiger partial charge >= 0.3 is 5.91 Å². The van der Waals surface area contributed by atoms with Gasteiger partial charge in [0.1, 0.15) is 5.25 Å². The zero-order chi connectivity index (χ0) is 11.3. The lowest BCUT2D eigenvalue weighted by molar-refractivity contribution is -0.519. The number of carbonyl (C=O) groups excluding carboxylic acids is 1. The number of aliphatic hydroxyl groups excluding tert-OH is 1. The first-order valence-corrected chi connectivity index (χ1v) is 6.75. The van der Waals surface area contributed by atoms with Gasteiger partial charge in [-0.3, -0.25) is 0 Å². The second-order valence-electron chi connectivity index (χ2n) is 4.70. The first-order chi connectivity index (χ1) is 7.68. The Bertz CT molecular complexity index is 349. The lowest BCUT2D eigenvalue weighted by Crippen LogP contribution is -2.55. The van der Waals surface area contributed by atoms with E-state index in [0.717, 1.165) is 19.4 Å². The van der Waals surface area contributed by atoms with Crippen LogP contribution in [0, 0.1) is 5.92 Å². The number of fused-ring (bicyclic) bond motifs is 1. The zero-order valence-corrected chi connectivity index (χ0v) is 10.0. The second kappa shape index (κ2) is 3.82. The number of aliphatic hydroxyl groups is 1. The van der Waals surface area contributed by atoms with Gasteiger partial charge in [0.15, 0.2) is 12.1 Å². The number of hydrogen-bond acceptors (Lipinski definition) is 4. The Morgan fingerprint density at radius 2 is 2.50 bits per heavy atom. The summed E-state index contributed by atoms with van der Waals surface area (Å²) in [6, 6.07) is 0. The van der Waals surface area contributed by atoms with Crippen LogP contribution >= 0.6 is 11.8 Å². The molecule has 0 saturated carbocycles. The first-order valence-electron chi connectivity index (χ1n) is 5.81. The summed E-state index contributed by atoms with van der Waals surface area (Å²) in [5, 5.41) is 9.97. The predicted molar refractivity (Wildman–Crippen MR) is 60.6 cm³/mol. The average molecular weight is 242 g/mol. The van der Waals surface area contributed by atoms with Gasteiger partial charge in [0.2, 0.25) is 5.37 Å². The maximum Gasteiger partial charge on any atom is 0.401 e. The monoisotopic (exact) mass is 242 g/mol. The highest BCUT2D eigenvalue weighted by Gasteiger charge is 2.62. The van der Waals surface area contributed by atoms with Crippen molar-refractivity contribution in [3.8, 4) is 0 Å². The van der Waals surface area contributed by atoms with E-state index in [1.165, 1.54) is 0 Å². The Labute approximate surface area is 98.7 Å². The molecule has 1 amide bonds. The van der Waals surface area contributed by atoms with Crippen LogP contribution in [-0.4, -0.2) is 51.2 Å². The van der Waals surface area contributed by atoms with Gasteiger partial charge in [0.25, 0.3) is 0 Å². The predicted octanol–water partition coefficient (Wildman–Crippen LogP) is 0.227. The maximum absolute atomic E-state index is 11.7. The van der Waals surface area contributed by atoms with Crippen molar-refractivity contribution in [1.82, 2.24) is 0 Å². The summed E-state index contributed by atoms with van der Waals surface area (Å²) in [6.07, 6.45) is 3.92. The van der Waals surface area contributed by atoms with Gasteiger partial charge in [-0.15, -0.1) is 0 Å². The number of thioether (sulfide) groups is 1. The van der Waals surface area contributed by atoms with Gasteiger partial charge in [-0.1, -0.05) is 11.8 Å². The molecule has 0 bridgehead atoms. The van der Waals surface area contributed by atoms with E-state index >= 15 is 0 Å². The molecule has 3 heterocycles. The fourth-order valence-corrected chi connectivity index (χ4v) is 4.39. The van der Waals surface area contributed by atoms with Gasteiger partial charge in [0.05, 0.1) is 12.2 Å². The summed E-state index contributed by atoms with van der Waals surface area (Å²) in [4.78, 5) is 11.7. The van der Waals surface area contributed by atoms with Crippen LogP contribution in [-0.2, 0) is 9.53 Å². The third-order valence-electron chi connectivity index (χ3n) is 3.58. The van der Waals surface area contributed by atoms with Crippen molar-refractivity contribution in [1.29, 1.82) is 0 Å². The van der Waals surface area contributed by atoms with Crippen molar-refractivity contribution in [3.05, 3.63) is 0 Å². The smallest absolute Gasteiger partial charge is 0.392 e. The molecule has 0 aromatic rings. The molecule has 0 spiro atoms. The molecule has 3 aliphatic heterocycles. The molecular formula is C11H16NO3S+. The van der Waals surface area contributed by atoms with Crippen LogP contribution in [0.25, 0.3) is 0 Å². The number of ether oxygens (including phenoxy) is 1. The molecule has 0 aromatic carbocycles. The minimum absolute atomic E-state index is 0.0630. The number of β-lactam (4-membered cyclic amide) rings is 1. The van der Waals surface area contributed by atoms with E-state index in [2.05, 4.69) is 0 Å². The molecule has 4 nitrogen and oxygen atoms in total. The van der Waals surface area contributed by atoms with Crippen LogP contribution in [0.5, 0.6) is 0 Å². The van der Waals surface area contributed by atoms with Crippen molar-refractivity contribution < 1.29 is 19.2 Å². The fourth-order valence-electron chi connectivity index (χ4n) is 2.66. The van der Waals surface area contributed by atoms with Crippen LogP contribution in [0.15, 0.2) is 0 Å². The van der Waals surface area contributed by atoms with Crippen LogP contribution in [0.3, 0.4) is 0 Å². The maximum atomic E-state index is 11.7. The highest BCUT2D eigenvalue weighted by molar-refractivity contribution is 8.01. The van der Waals surface area contributed by atoms with Gasteiger partial charge in [-0.25, -0.2) is 4.79 Å². The third-order valence-corrected chi connectivity index (χ3v) is 5.11. The molecule has 1 unspecified atom stereocenters. The first kappa shape index (κ1) is 10.7. The quantitative estimate of drug-likeness (QED) is 0.556. The largest absolute Gasteiger partial charge is 0.401 e. The third kappa shape index (κ3) is 1.45. The van der Waals surface area contributed by atoms with E-state index in [1.807, 2.05) is 6.21 Å². The van der Waals surface area contributed by atoms with E-state index in [1.54, 1.807) is 23.3 Å². The van der Waals surface area contributed by atoms with E-state index < -0.39 is 6.10 Å². The highest BCUT2D eigenvalue weighted by Crippen LogP contribution is 2.42. The van der Waals surface area contributed by atoms with Crippen molar-refractivity contribution in [2.45, 2.75) is 42.6 Å². The summed E-state index contributed by atoms with van der Waals surface area (Å²) >= 11 is 1.76. The van der Waals surface area contributed by atoms with Crippen LogP contribution < -0.4 is 0 Å². The standard InChI is InChI=1S/C11H16NO3S/c1-6(13)9-10(14)12-5-8(16-11(9)12)7-3-2-4-15-7/h5-9,11,13H,2-4H2,1H3/q+1/t6-,7-,8?,9+,11-/m1/s1. The SMILES string of the molecule is C[C@@H](O)[C@H]1C(=O)[N+]2=CC([C@H]3CCCO3)S[C@H]12. The average Bonchev–Trinajstić information content (AvgIpc) is 2.82. The minimum Gasteiger partial charge on any atom is -0.392 e. The molecule has 2 saturated heterocycles. The normalized spacial score (nSPS) is 43.9. The van der Waals surface area contributed by atoms with E-state index in [-0.39, 0.29) is 23.3 Å². The van der Waals surface area contributed by atoms with E-state index in [0.29, 0.717) is 5.25 Å². The summed E-state index contributed by atoms with van der Waals surface area (Å²) in [5.74, 6) is -0.152.